The van der Waals surface area contributed by atoms with E-state index in [0.717, 1.165) is 0 Å². The molecule has 0 radical (unpaired) electrons. The highest BCUT2D eigenvalue weighted by molar-refractivity contribution is 5.85. The van der Waals surface area contributed by atoms with Crippen LogP contribution >= 0.6 is 12.4 Å². The predicted octanol–water partition coefficient (Wildman–Crippen LogP) is 2.49. The molecule has 0 saturated heterocycles. The summed E-state index contributed by atoms with van der Waals surface area (Å²) in [7, 11) is 0. The second-order valence-electron chi connectivity index (χ2n) is 4.88. The molecule has 0 aromatic rings. The molecule has 2 atom stereocenters. The summed E-state index contributed by atoms with van der Waals surface area (Å²) in [6.07, 6.45) is -4.10. The zero-order valence-corrected chi connectivity index (χ0v) is 11.5. The number of nitrogens with one attached hydrogen (secondary N) is 1. The summed E-state index contributed by atoms with van der Waals surface area (Å²) in [5, 5.41) is 1.98. The Kier molecular flexibility index (Phi) is 7.17. The van der Waals surface area contributed by atoms with E-state index in [1.165, 1.54) is 0 Å². The van der Waals surface area contributed by atoms with Crippen molar-refractivity contribution in [1.82, 2.24) is 5.32 Å². The third-order valence-electron chi connectivity index (χ3n) is 3.33. The van der Waals surface area contributed by atoms with Crippen LogP contribution in [0.15, 0.2) is 0 Å². The van der Waals surface area contributed by atoms with Gasteiger partial charge in [0.25, 0.3) is 5.92 Å². The Morgan fingerprint density at radius 2 is 1.80 bits per heavy atom. The SMILES string of the molecule is Cl.NCC(F)(F)CNC(=O)C1CCCC(C(F)(F)F)C1. The lowest BCUT2D eigenvalue weighted by molar-refractivity contribution is -0.186. The number of rotatable bonds is 4. The summed E-state index contributed by atoms with van der Waals surface area (Å²) in [5.41, 5.74) is 4.80. The van der Waals surface area contributed by atoms with Crippen molar-refractivity contribution in [1.29, 1.82) is 0 Å². The van der Waals surface area contributed by atoms with Gasteiger partial charge in [0.05, 0.1) is 19.0 Å². The number of hydrogen-bond donors (Lipinski definition) is 2. The number of carbonyl (C=O) groups excluding carboxylic acids is 1. The lowest BCUT2D eigenvalue weighted by Gasteiger charge is -2.30. The topological polar surface area (TPSA) is 55.1 Å². The second-order valence-corrected chi connectivity index (χ2v) is 4.88. The summed E-state index contributed by atoms with van der Waals surface area (Å²) in [6, 6.07) is 0. The number of nitrogens with two attached hydrogens (primary N) is 1. The van der Waals surface area contributed by atoms with Crippen LogP contribution in [0, 0.1) is 11.8 Å². The van der Waals surface area contributed by atoms with Crippen molar-refractivity contribution < 1.29 is 26.7 Å². The van der Waals surface area contributed by atoms with Crippen LogP contribution in [0.3, 0.4) is 0 Å². The normalized spacial score (nSPS) is 23.9. The van der Waals surface area contributed by atoms with Gasteiger partial charge >= 0.3 is 6.18 Å². The molecule has 0 heterocycles. The molecule has 1 saturated carbocycles. The number of alkyl halides is 5. The maximum absolute atomic E-state index is 12.8. The largest absolute Gasteiger partial charge is 0.391 e. The number of hydrogen-bond acceptors (Lipinski definition) is 2. The molecule has 120 valence electrons. The van der Waals surface area contributed by atoms with Gasteiger partial charge in [-0.3, -0.25) is 4.79 Å². The van der Waals surface area contributed by atoms with E-state index in [1.807, 2.05) is 5.32 Å². The summed E-state index contributed by atoms with van der Waals surface area (Å²) < 4.78 is 63.3. The van der Waals surface area contributed by atoms with E-state index in [-0.39, 0.29) is 31.7 Å². The first kappa shape index (κ1) is 19.4. The molecular weight excluding hydrogens is 307 g/mol. The monoisotopic (exact) mass is 324 g/mol. The Labute approximate surface area is 119 Å². The molecule has 3 nitrogen and oxygen atoms in total. The fourth-order valence-electron chi connectivity index (χ4n) is 2.16. The van der Waals surface area contributed by atoms with Crippen LogP contribution < -0.4 is 11.1 Å². The van der Waals surface area contributed by atoms with Crippen LogP contribution in [-0.4, -0.2) is 31.1 Å². The molecular formula is C11H18ClF5N2O. The fourth-order valence-corrected chi connectivity index (χ4v) is 2.16. The lowest BCUT2D eigenvalue weighted by Crippen LogP contribution is -2.44. The van der Waals surface area contributed by atoms with Crippen LogP contribution in [0.2, 0.25) is 0 Å². The minimum Gasteiger partial charge on any atom is -0.350 e. The van der Waals surface area contributed by atoms with Crippen LogP contribution in [-0.2, 0) is 4.79 Å². The van der Waals surface area contributed by atoms with Crippen LogP contribution in [0.4, 0.5) is 22.0 Å². The average molecular weight is 325 g/mol. The zero-order valence-electron chi connectivity index (χ0n) is 10.7. The molecule has 0 aromatic carbocycles. The van der Waals surface area contributed by atoms with Gasteiger partial charge in [-0.15, -0.1) is 12.4 Å². The molecule has 3 N–H and O–H groups in total. The van der Waals surface area contributed by atoms with Crippen molar-refractivity contribution in [2.24, 2.45) is 17.6 Å². The fraction of sp³-hybridized carbons (Fsp3) is 0.909. The van der Waals surface area contributed by atoms with E-state index in [9.17, 15) is 26.7 Å². The van der Waals surface area contributed by atoms with E-state index in [4.69, 9.17) is 5.73 Å². The molecule has 2 unspecified atom stereocenters. The van der Waals surface area contributed by atoms with Gasteiger partial charge in [0.1, 0.15) is 0 Å². The average Bonchev–Trinajstić information content (AvgIpc) is 2.35. The van der Waals surface area contributed by atoms with Crippen molar-refractivity contribution in [2.45, 2.75) is 37.8 Å². The van der Waals surface area contributed by atoms with Crippen molar-refractivity contribution >= 4 is 18.3 Å². The highest BCUT2D eigenvalue weighted by Crippen LogP contribution is 2.39. The Hall–Kier alpha value is -0.630. The van der Waals surface area contributed by atoms with Crippen LogP contribution in [0.5, 0.6) is 0 Å². The number of amides is 1. The van der Waals surface area contributed by atoms with Crippen LogP contribution in [0.1, 0.15) is 25.7 Å². The summed E-state index contributed by atoms with van der Waals surface area (Å²) in [4.78, 5) is 11.6. The van der Waals surface area contributed by atoms with E-state index >= 15 is 0 Å². The molecule has 0 aromatic heterocycles. The zero-order chi connectivity index (χ0) is 14.7. The quantitative estimate of drug-likeness (QED) is 0.781. The summed E-state index contributed by atoms with van der Waals surface area (Å²) in [6.45, 7) is -1.85. The minimum atomic E-state index is -4.33. The molecule has 0 aliphatic heterocycles. The highest BCUT2D eigenvalue weighted by Gasteiger charge is 2.43. The van der Waals surface area contributed by atoms with Crippen molar-refractivity contribution in [2.75, 3.05) is 13.1 Å². The molecule has 1 aliphatic carbocycles. The van der Waals surface area contributed by atoms with Gasteiger partial charge in [0.15, 0.2) is 0 Å². The molecule has 20 heavy (non-hydrogen) atoms. The molecule has 1 rings (SSSR count). The number of halogens is 6. The van der Waals surface area contributed by atoms with Crippen molar-refractivity contribution in [3.8, 4) is 0 Å². The first-order valence-corrected chi connectivity index (χ1v) is 6.08. The molecule has 1 amide bonds. The Balaban J connectivity index is 0.00000361. The third-order valence-corrected chi connectivity index (χ3v) is 3.33. The van der Waals surface area contributed by atoms with E-state index in [1.54, 1.807) is 0 Å². The first-order chi connectivity index (χ1) is 8.65. The van der Waals surface area contributed by atoms with Crippen molar-refractivity contribution in [3.05, 3.63) is 0 Å². The summed E-state index contributed by atoms with van der Waals surface area (Å²) in [5.74, 6) is -6.35. The standard InChI is InChI=1S/C11H17F5N2O.ClH/c12-10(13,5-17)6-18-9(19)7-2-1-3-8(4-7)11(14,15)16;/h7-8H,1-6,17H2,(H,18,19);1H. The highest BCUT2D eigenvalue weighted by atomic mass is 35.5. The van der Waals surface area contributed by atoms with Gasteiger partial charge in [0, 0.05) is 5.92 Å². The van der Waals surface area contributed by atoms with Crippen LogP contribution in [0.25, 0.3) is 0 Å². The first-order valence-electron chi connectivity index (χ1n) is 6.08. The van der Waals surface area contributed by atoms with Crippen molar-refractivity contribution in [3.63, 3.8) is 0 Å². The molecule has 9 heteroatoms. The maximum Gasteiger partial charge on any atom is 0.391 e. The van der Waals surface area contributed by atoms with Gasteiger partial charge in [-0.1, -0.05) is 6.42 Å². The smallest absolute Gasteiger partial charge is 0.350 e. The van der Waals surface area contributed by atoms with E-state index < -0.39 is 42.9 Å². The van der Waals surface area contributed by atoms with Gasteiger partial charge in [-0.2, -0.15) is 13.2 Å². The molecule has 1 aliphatic rings. The van der Waals surface area contributed by atoms with Gasteiger partial charge in [-0.05, 0) is 19.3 Å². The Morgan fingerprint density at radius 1 is 1.20 bits per heavy atom. The van der Waals surface area contributed by atoms with Gasteiger partial charge < -0.3 is 11.1 Å². The second kappa shape index (κ2) is 7.40. The van der Waals surface area contributed by atoms with E-state index in [2.05, 4.69) is 0 Å². The predicted molar refractivity (Wildman–Crippen MR) is 65.8 cm³/mol. The third kappa shape index (κ3) is 5.78. The van der Waals surface area contributed by atoms with Gasteiger partial charge in [0.2, 0.25) is 5.91 Å². The number of carbonyl (C=O) groups is 1. The lowest BCUT2D eigenvalue weighted by atomic mass is 9.80. The Morgan fingerprint density at radius 3 is 2.30 bits per heavy atom. The Bertz CT molecular complexity index is 324. The molecule has 0 spiro atoms. The van der Waals surface area contributed by atoms with Gasteiger partial charge in [-0.25, -0.2) is 8.78 Å². The molecule has 1 fully saturated rings. The minimum absolute atomic E-state index is 0. The summed E-state index contributed by atoms with van der Waals surface area (Å²) >= 11 is 0. The maximum atomic E-state index is 12.8. The molecule has 0 bridgehead atoms. The van der Waals surface area contributed by atoms with E-state index in [0.29, 0.717) is 6.42 Å².